The van der Waals surface area contributed by atoms with Crippen molar-refractivity contribution in [2.45, 2.75) is 12.2 Å². The molecule has 0 saturated carbocycles. The van der Waals surface area contributed by atoms with Crippen LogP contribution < -0.4 is 10.5 Å². The van der Waals surface area contributed by atoms with Crippen molar-refractivity contribution in [1.82, 2.24) is 24.3 Å². The van der Waals surface area contributed by atoms with E-state index in [1.54, 1.807) is 0 Å². The second kappa shape index (κ2) is 6.77. The van der Waals surface area contributed by atoms with Crippen LogP contribution in [-0.2, 0) is 6.18 Å². The molecule has 164 valence electrons. The molecule has 8 nitrogen and oxygen atoms in total. The van der Waals surface area contributed by atoms with Gasteiger partial charge in [0, 0.05) is 16.7 Å². The number of pyridine rings is 1. The van der Waals surface area contributed by atoms with Crippen molar-refractivity contribution in [2.24, 2.45) is 0 Å². The summed E-state index contributed by atoms with van der Waals surface area (Å²) in [6.45, 7) is -3.55. The average Bonchev–Trinajstić information content (AvgIpc) is 3.40. The number of rotatable bonds is 2. The van der Waals surface area contributed by atoms with E-state index >= 15 is 0 Å². The fraction of sp³-hybridized carbons (Fsp3) is 0.200. The van der Waals surface area contributed by atoms with Crippen LogP contribution >= 0.6 is 0 Å². The molecule has 3 aromatic heterocycles. The number of anilines is 1. The highest BCUT2D eigenvalue weighted by atomic mass is 19.4. The molecule has 0 saturated heterocycles. The number of amides is 1. The van der Waals surface area contributed by atoms with Crippen LogP contribution in [0.25, 0.3) is 16.6 Å². The summed E-state index contributed by atoms with van der Waals surface area (Å²) < 4.78 is 84.0. The van der Waals surface area contributed by atoms with E-state index in [2.05, 4.69) is 15.0 Å². The van der Waals surface area contributed by atoms with Gasteiger partial charge in [0.25, 0.3) is 5.91 Å². The smallest absolute Gasteiger partial charge is 0.419 e. The molecule has 1 atom stereocenters. The van der Waals surface area contributed by atoms with E-state index in [-0.39, 0.29) is 22.8 Å². The van der Waals surface area contributed by atoms with Crippen molar-refractivity contribution < 1.29 is 31.2 Å². The maximum atomic E-state index is 14.3. The number of carbonyl (C=O) groups excluding carboxylic acids is 1. The Balaban J connectivity index is 1.60. The fourth-order valence-corrected chi connectivity index (χ4v) is 3.61. The van der Waals surface area contributed by atoms with Crippen molar-refractivity contribution in [3.05, 3.63) is 59.6 Å². The molecule has 1 aromatic carbocycles. The molecule has 2 N–H and O–H groups in total. The number of alkyl halides is 3. The zero-order chi connectivity index (χ0) is 25.3. The summed E-state index contributed by atoms with van der Waals surface area (Å²) in [5.41, 5.74) is 4.94. The Bertz CT molecular complexity index is 1500. The SMILES string of the molecule is [2H]C([2H])([2H])N(C(=O)c1cc2c(cn1)nc(N)c1cncn12)[C@H]1COc2cc(C(F)(F)F)c(F)cc21. The summed E-state index contributed by atoms with van der Waals surface area (Å²) in [5.74, 6) is -2.88. The lowest BCUT2D eigenvalue weighted by molar-refractivity contribution is -0.140. The number of aromatic nitrogens is 4. The first-order chi connectivity index (χ1) is 16.4. The van der Waals surface area contributed by atoms with Crippen molar-refractivity contribution >= 4 is 28.3 Å². The molecule has 32 heavy (non-hydrogen) atoms. The molecule has 1 amide bonds. The minimum atomic E-state index is -4.98. The third kappa shape index (κ3) is 2.98. The molecule has 1 aliphatic heterocycles. The minimum Gasteiger partial charge on any atom is -0.491 e. The number of halogens is 4. The summed E-state index contributed by atoms with van der Waals surface area (Å²) >= 11 is 0. The number of fused-ring (bicyclic) bond motifs is 4. The second-order valence-electron chi connectivity index (χ2n) is 7.07. The number of imidazole rings is 1. The molecule has 5 rings (SSSR count). The predicted octanol–water partition coefficient (Wildman–Crippen LogP) is 3.22. The molecule has 1 aliphatic rings. The van der Waals surface area contributed by atoms with E-state index in [1.807, 2.05) is 0 Å². The van der Waals surface area contributed by atoms with E-state index < -0.39 is 43.1 Å². The molecule has 0 fully saturated rings. The number of nitrogens with zero attached hydrogens (tertiary/aromatic N) is 5. The van der Waals surface area contributed by atoms with E-state index in [1.165, 1.54) is 29.2 Å². The van der Waals surface area contributed by atoms with Crippen molar-refractivity contribution in [1.29, 1.82) is 0 Å². The van der Waals surface area contributed by atoms with Gasteiger partial charge in [-0.05, 0) is 18.2 Å². The van der Waals surface area contributed by atoms with Gasteiger partial charge in [-0.25, -0.2) is 19.3 Å². The van der Waals surface area contributed by atoms with Gasteiger partial charge in [-0.15, -0.1) is 0 Å². The van der Waals surface area contributed by atoms with Crippen LogP contribution in [0.15, 0.2) is 36.9 Å². The second-order valence-corrected chi connectivity index (χ2v) is 7.07. The van der Waals surface area contributed by atoms with E-state index in [0.717, 1.165) is 0 Å². The molecular weight excluding hydrogens is 432 g/mol. The highest BCUT2D eigenvalue weighted by Gasteiger charge is 2.39. The number of hydrogen-bond acceptors (Lipinski definition) is 6. The molecule has 12 heteroatoms. The van der Waals surface area contributed by atoms with Gasteiger partial charge in [0.2, 0.25) is 0 Å². The van der Waals surface area contributed by atoms with Gasteiger partial charge in [-0.2, -0.15) is 13.2 Å². The Morgan fingerprint density at radius 3 is 2.88 bits per heavy atom. The fourth-order valence-electron chi connectivity index (χ4n) is 3.61. The summed E-state index contributed by atoms with van der Waals surface area (Å²) in [7, 11) is 0. The van der Waals surface area contributed by atoms with Crippen LogP contribution in [-0.4, -0.2) is 43.7 Å². The van der Waals surface area contributed by atoms with Crippen LogP contribution in [0.5, 0.6) is 5.75 Å². The van der Waals surface area contributed by atoms with Gasteiger partial charge in [0.05, 0.1) is 35.8 Å². The molecule has 0 radical (unpaired) electrons. The number of nitrogens with two attached hydrogens (primary N) is 1. The van der Waals surface area contributed by atoms with E-state index in [4.69, 9.17) is 14.6 Å². The summed E-state index contributed by atoms with van der Waals surface area (Å²) in [5, 5.41) is 0. The molecule has 0 bridgehead atoms. The lowest BCUT2D eigenvalue weighted by atomic mass is 10.0. The number of nitrogen functional groups attached to an aromatic ring is 1. The molecule has 0 unspecified atom stereocenters. The maximum Gasteiger partial charge on any atom is 0.419 e. The Morgan fingerprint density at radius 1 is 1.31 bits per heavy atom. The van der Waals surface area contributed by atoms with Gasteiger partial charge in [0.15, 0.2) is 0 Å². The third-order valence-corrected chi connectivity index (χ3v) is 5.17. The molecule has 0 spiro atoms. The van der Waals surface area contributed by atoms with Crippen LogP contribution in [0.3, 0.4) is 0 Å². The molecule has 4 heterocycles. The quantitative estimate of drug-likeness (QED) is 0.472. The van der Waals surface area contributed by atoms with Gasteiger partial charge >= 0.3 is 6.18 Å². The first-order valence-corrected chi connectivity index (χ1v) is 9.10. The highest BCUT2D eigenvalue weighted by Crippen LogP contribution is 2.42. The summed E-state index contributed by atoms with van der Waals surface area (Å²) in [6.07, 6.45) is -0.877. The average molecular weight is 449 g/mol. The Labute approximate surface area is 181 Å². The zero-order valence-electron chi connectivity index (χ0n) is 18.9. The monoisotopic (exact) mass is 449 g/mol. The van der Waals surface area contributed by atoms with Crippen LogP contribution in [0.4, 0.5) is 23.4 Å². The molecular formula is C20H14F4N6O2. The van der Waals surface area contributed by atoms with Crippen LogP contribution in [0.2, 0.25) is 0 Å². The Morgan fingerprint density at radius 2 is 2.12 bits per heavy atom. The van der Waals surface area contributed by atoms with Crippen molar-refractivity contribution in [2.75, 3.05) is 19.3 Å². The largest absolute Gasteiger partial charge is 0.491 e. The highest BCUT2D eigenvalue weighted by molar-refractivity contribution is 5.96. The topological polar surface area (TPSA) is 98.6 Å². The maximum absolute atomic E-state index is 14.3. The van der Waals surface area contributed by atoms with Crippen LogP contribution in [0.1, 0.15) is 31.8 Å². The molecule has 4 aromatic rings. The summed E-state index contributed by atoms with van der Waals surface area (Å²) in [4.78, 5) is 26.0. The number of benzene rings is 1. The number of ether oxygens (including phenoxy) is 1. The first kappa shape index (κ1) is 16.7. The lowest BCUT2D eigenvalue weighted by Gasteiger charge is -2.23. The number of carbonyl (C=O) groups is 1. The van der Waals surface area contributed by atoms with Gasteiger partial charge in [-0.3, -0.25) is 9.20 Å². The van der Waals surface area contributed by atoms with Crippen molar-refractivity contribution in [3.63, 3.8) is 0 Å². The van der Waals surface area contributed by atoms with E-state index in [0.29, 0.717) is 33.6 Å². The molecule has 0 aliphatic carbocycles. The van der Waals surface area contributed by atoms with Crippen LogP contribution in [0, 0.1) is 5.82 Å². The lowest BCUT2D eigenvalue weighted by Crippen LogP contribution is -2.32. The van der Waals surface area contributed by atoms with Crippen molar-refractivity contribution in [3.8, 4) is 5.75 Å². The number of likely N-dealkylation sites (N-methyl/N-ethyl adjacent to an activating group) is 1. The Hall–Kier alpha value is -3.96. The van der Waals surface area contributed by atoms with Gasteiger partial charge in [-0.1, -0.05) is 0 Å². The third-order valence-electron chi connectivity index (χ3n) is 5.17. The van der Waals surface area contributed by atoms with E-state index in [9.17, 15) is 22.4 Å². The summed E-state index contributed by atoms with van der Waals surface area (Å²) in [6, 6.07) is 0.892. The van der Waals surface area contributed by atoms with Gasteiger partial charge < -0.3 is 15.4 Å². The normalized spacial score (nSPS) is 17.5. The predicted molar refractivity (Wildman–Crippen MR) is 104 cm³/mol. The van der Waals surface area contributed by atoms with Gasteiger partial charge in [0.1, 0.15) is 40.7 Å². The standard InChI is InChI=1S/C20H14F4N6O2/c1-29(16-7-32-17-3-10(20(22,23)24)11(21)2-9(16)17)19(31)12-4-14-13(5-27-12)28-18(25)15-6-26-8-30(14)15/h2-6,8,16H,7H2,1H3,(H2,25,28)/t16-/m0/s1/i1D3. The zero-order valence-corrected chi connectivity index (χ0v) is 15.9. The minimum absolute atomic E-state index is 0.167. The first-order valence-electron chi connectivity index (χ1n) is 10.6. The Kier molecular flexibility index (Phi) is 3.53. The number of hydrogen-bond donors (Lipinski definition) is 1.